The van der Waals surface area contributed by atoms with Gasteiger partial charge in [-0.15, -0.1) is 0 Å². The lowest BCUT2D eigenvalue weighted by Gasteiger charge is -2.39. The van der Waals surface area contributed by atoms with Gasteiger partial charge in [0.2, 0.25) is 0 Å². The predicted molar refractivity (Wildman–Crippen MR) is 90.9 cm³/mol. The number of nitrogens with zero attached hydrogens (tertiary/aromatic N) is 2. The highest BCUT2D eigenvalue weighted by atomic mass is 16.6. The molecule has 2 heterocycles. The number of amides is 1. The van der Waals surface area contributed by atoms with Crippen LogP contribution in [0.3, 0.4) is 0 Å². The molecular formula is C19H24N2O2. The minimum Gasteiger partial charge on any atom is -0.450 e. The molecular weight excluding hydrogens is 288 g/mol. The molecule has 1 aromatic heterocycles. The fourth-order valence-corrected chi connectivity index (χ4v) is 2.70. The van der Waals surface area contributed by atoms with Crippen LogP contribution in [0, 0.1) is 24.2 Å². The van der Waals surface area contributed by atoms with Crippen molar-refractivity contribution in [3.05, 3.63) is 41.2 Å². The first kappa shape index (κ1) is 17.1. The van der Waals surface area contributed by atoms with Crippen LogP contribution in [0.15, 0.2) is 29.8 Å². The average molecular weight is 312 g/mol. The number of carbonyl (C=O) groups excluding carboxylic acids is 1. The summed E-state index contributed by atoms with van der Waals surface area (Å²) in [5.41, 5.74) is 2.91. The zero-order valence-corrected chi connectivity index (χ0v) is 14.3. The summed E-state index contributed by atoms with van der Waals surface area (Å²) < 4.78 is 5.09. The van der Waals surface area contributed by atoms with Gasteiger partial charge in [0.15, 0.2) is 0 Å². The Balaban J connectivity index is 2.08. The molecule has 2 rings (SSSR count). The fraction of sp³-hybridized carbons (Fsp3) is 0.474. The summed E-state index contributed by atoms with van der Waals surface area (Å²) >= 11 is 0. The number of carbonyl (C=O) groups is 1. The molecule has 0 bridgehead atoms. The summed E-state index contributed by atoms with van der Waals surface area (Å²) in [6.07, 6.45) is 2.57. The highest BCUT2D eigenvalue weighted by Crippen LogP contribution is 2.34. The third kappa shape index (κ3) is 4.59. The second kappa shape index (κ2) is 7.32. The van der Waals surface area contributed by atoms with Crippen LogP contribution < -0.4 is 0 Å². The van der Waals surface area contributed by atoms with E-state index in [2.05, 4.69) is 30.7 Å². The van der Waals surface area contributed by atoms with Crippen molar-refractivity contribution >= 4 is 6.09 Å². The van der Waals surface area contributed by atoms with Crippen LogP contribution in [-0.4, -0.2) is 35.7 Å². The second-order valence-electron chi connectivity index (χ2n) is 6.36. The second-order valence-corrected chi connectivity index (χ2v) is 6.36. The van der Waals surface area contributed by atoms with Gasteiger partial charge in [-0.05, 0) is 44.4 Å². The molecule has 1 fully saturated rings. The summed E-state index contributed by atoms with van der Waals surface area (Å²) in [5.74, 6) is 6.20. The van der Waals surface area contributed by atoms with Crippen LogP contribution in [0.5, 0.6) is 0 Å². The number of aryl methyl sites for hydroxylation is 1. The first-order chi connectivity index (χ1) is 10.9. The standard InChI is InChI=1S/C19H24N2O2/c1-5-23-18(22)21-13-12-16(19(3,4)14-21)9-7-11-17-10-6-8-15(2)20-17/h6,8-10H,5,12-14H2,1-4H3/b16-9+. The molecule has 4 nitrogen and oxygen atoms in total. The van der Waals surface area contributed by atoms with Crippen molar-refractivity contribution in [1.82, 2.24) is 9.88 Å². The molecule has 4 heteroatoms. The van der Waals surface area contributed by atoms with E-state index in [1.165, 1.54) is 5.57 Å². The van der Waals surface area contributed by atoms with Crippen LogP contribution in [0.2, 0.25) is 0 Å². The lowest BCUT2D eigenvalue weighted by Crippen LogP contribution is -2.45. The zero-order chi connectivity index (χ0) is 16.9. The van der Waals surface area contributed by atoms with E-state index in [1.54, 1.807) is 4.90 Å². The number of ether oxygens (including phenoxy) is 1. The van der Waals surface area contributed by atoms with Gasteiger partial charge in [-0.3, -0.25) is 0 Å². The molecule has 1 aliphatic rings. The van der Waals surface area contributed by atoms with E-state index in [1.807, 2.05) is 38.1 Å². The number of pyridine rings is 1. The van der Waals surface area contributed by atoms with Gasteiger partial charge >= 0.3 is 6.09 Å². The van der Waals surface area contributed by atoms with Gasteiger partial charge < -0.3 is 9.64 Å². The summed E-state index contributed by atoms with van der Waals surface area (Å²) in [6, 6.07) is 5.83. The molecule has 1 amide bonds. The Kier molecular flexibility index (Phi) is 5.44. The Hall–Kier alpha value is -2.28. The van der Waals surface area contributed by atoms with Crippen LogP contribution in [0.1, 0.15) is 38.6 Å². The number of aromatic nitrogens is 1. The van der Waals surface area contributed by atoms with Crippen molar-refractivity contribution in [2.75, 3.05) is 19.7 Å². The SMILES string of the molecule is CCOC(=O)N1CC/C(=C\C#Cc2cccc(C)n2)C(C)(C)C1. The molecule has 0 N–H and O–H groups in total. The Morgan fingerprint density at radius 2 is 2.26 bits per heavy atom. The maximum Gasteiger partial charge on any atom is 0.409 e. The normalized spacial score (nSPS) is 18.3. The third-order valence-corrected chi connectivity index (χ3v) is 3.97. The van der Waals surface area contributed by atoms with Gasteiger partial charge in [-0.25, -0.2) is 9.78 Å². The van der Waals surface area contributed by atoms with Crippen molar-refractivity contribution in [2.24, 2.45) is 5.41 Å². The summed E-state index contributed by atoms with van der Waals surface area (Å²) in [7, 11) is 0. The summed E-state index contributed by atoms with van der Waals surface area (Å²) in [6.45, 7) is 9.80. The molecule has 122 valence electrons. The molecule has 1 saturated heterocycles. The van der Waals surface area contributed by atoms with E-state index < -0.39 is 0 Å². The lowest BCUT2D eigenvalue weighted by atomic mass is 9.79. The Morgan fingerprint density at radius 1 is 1.48 bits per heavy atom. The maximum atomic E-state index is 11.9. The minimum absolute atomic E-state index is 0.0975. The smallest absolute Gasteiger partial charge is 0.409 e. The van der Waals surface area contributed by atoms with Crippen molar-refractivity contribution in [2.45, 2.75) is 34.1 Å². The Bertz CT molecular complexity index is 665. The van der Waals surface area contributed by atoms with Crippen LogP contribution in [-0.2, 0) is 4.74 Å². The van der Waals surface area contributed by atoms with E-state index >= 15 is 0 Å². The highest BCUT2D eigenvalue weighted by Gasteiger charge is 2.33. The molecule has 0 atom stereocenters. The number of rotatable bonds is 1. The first-order valence-electron chi connectivity index (χ1n) is 7.99. The lowest BCUT2D eigenvalue weighted by molar-refractivity contribution is 0.0862. The first-order valence-corrected chi connectivity index (χ1v) is 7.99. The van der Waals surface area contributed by atoms with Gasteiger partial charge in [-0.2, -0.15) is 0 Å². The van der Waals surface area contributed by atoms with E-state index in [-0.39, 0.29) is 11.5 Å². The molecule has 0 spiro atoms. The summed E-state index contributed by atoms with van der Waals surface area (Å²) in [5, 5.41) is 0. The molecule has 23 heavy (non-hydrogen) atoms. The van der Waals surface area contributed by atoms with Crippen LogP contribution in [0.4, 0.5) is 4.79 Å². The molecule has 0 unspecified atom stereocenters. The Labute approximate surface area is 138 Å². The van der Waals surface area contributed by atoms with Gasteiger partial charge in [-0.1, -0.05) is 31.4 Å². The fourth-order valence-electron chi connectivity index (χ4n) is 2.70. The van der Waals surface area contributed by atoms with Crippen molar-refractivity contribution in [1.29, 1.82) is 0 Å². The van der Waals surface area contributed by atoms with E-state index in [4.69, 9.17) is 4.74 Å². The van der Waals surface area contributed by atoms with Crippen LogP contribution >= 0.6 is 0 Å². The zero-order valence-electron chi connectivity index (χ0n) is 14.3. The third-order valence-electron chi connectivity index (χ3n) is 3.97. The predicted octanol–water partition coefficient (Wildman–Crippen LogP) is 3.56. The van der Waals surface area contributed by atoms with Gasteiger partial charge in [0.25, 0.3) is 0 Å². The van der Waals surface area contributed by atoms with Gasteiger partial charge in [0.1, 0.15) is 5.69 Å². The largest absolute Gasteiger partial charge is 0.450 e. The maximum absolute atomic E-state index is 11.9. The highest BCUT2D eigenvalue weighted by molar-refractivity contribution is 5.68. The molecule has 0 saturated carbocycles. The molecule has 0 aliphatic carbocycles. The van der Waals surface area contributed by atoms with Gasteiger partial charge in [0, 0.05) is 24.2 Å². The van der Waals surface area contributed by atoms with E-state index in [0.29, 0.717) is 19.7 Å². The number of hydrogen-bond donors (Lipinski definition) is 0. The van der Waals surface area contributed by atoms with E-state index in [0.717, 1.165) is 17.8 Å². The molecule has 1 aliphatic heterocycles. The number of likely N-dealkylation sites (tertiary alicyclic amines) is 1. The number of hydrogen-bond acceptors (Lipinski definition) is 3. The van der Waals surface area contributed by atoms with Crippen molar-refractivity contribution in [3.63, 3.8) is 0 Å². The van der Waals surface area contributed by atoms with Gasteiger partial charge in [0.05, 0.1) is 6.61 Å². The number of piperidine rings is 1. The monoisotopic (exact) mass is 312 g/mol. The molecule has 0 radical (unpaired) electrons. The van der Waals surface area contributed by atoms with Crippen LogP contribution in [0.25, 0.3) is 0 Å². The van der Waals surface area contributed by atoms with Crippen molar-refractivity contribution in [3.8, 4) is 11.8 Å². The molecule has 0 aromatic carbocycles. The molecule has 1 aromatic rings. The topological polar surface area (TPSA) is 42.4 Å². The minimum atomic E-state index is -0.227. The summed E-state index contributed by atoms with van der Waals surface area (Å²) in [4.78, 5) is 18.0. The van der Waals surface area contributed by atoms with Crippen molar-refractivity contribution < 1.29 is 9.53 Å². The average Bonchev–Trinajstić information content (AvgIpc) is 2.48. The number of allylic oxidation sites excluding steroid dienone is 1. The van der Waals surface area contributed by atoms with E-state index in [9.17, 15) is 4.79 Å². The quantitative estimate of drug-likeness (QED) is 0.745. The Morgan fingerprint density at radius 3 is 2.91 bits per heavy atom.